The van der Waals surface area contributed by atoms with E-state index in [0.29, 0.717) is 23.4 Å². The van der Waals surface area contributed by atoms with Gasteiger partial charge < -0.3 is 4.90 Å². The zero-order valence-corrected chi connectivity index (χ0v) is 12.6. The molecule has 1 aromatic heterocycles. The predicted molar refractivity (Wildman–Crippen MR) is 86.8 cm³/mol. The van der Waals surface area contributed by atoms with Crippen LogP contribution in [0, 0.1) is 0 Å². The summed E-state index contributed by atoms with van der Waals surface area (Å²) in [6, 6.07) is 15.3. The average molecular weight is 313 g/mol. The Bertz CT molecular complexity index is 841. The number of para-hydroxylation sites is 3. The van der Waals surface area contributed by atoms with Crippen molar-refractivity contribution in [1.82, 2.24) is 9.55 Å². The van der Waals surface area contributed by atoms with Crippen LogP contribution in [-0.2, 0) is 13.0 Å². The fourth-order valence-electron chi connectivity index (χ4n) is 3.37. The molecule has 0 atom stereocenters. The summed E-state index contributed by atoms with van der Waals surface area (Å²) in [4.78, 5) is 6.59. The SMILES string of the molecule is FC(F)n1c(CN2CCCc3ccccc32)nc2ccccc21. The van der Waals surface area contributed by atoms with E-state index in [1.54, 1.807) is 18.2 Å². The van der Waals surface area contributed by atoms with Crippen molar-refractivity contribution in [3.63, 3.8) is 0 Å². The summed E-state index contributed by atoms with van der Waals surface area (Å²) in [7, 11) is 0. The summed E-state index contributed by atoms with van der Waals surface area (Å²) in [5, 5.41) is 0. The van der Waals surface area contributed by atoms with Crippen LogP contribution in [0.2, 0.25) is 0 Å². The number of hydrogen-bond donors (Lipinski definition) is 0. The molecule has 1 aliphatic rings. The van der Waals surface area contributed by atoms with Gasteiger partial charge in [0.15, 0.2) is 0 Å². The summed E-state index contributed by atoms with van der Waals surface area (Å²) in [5.74, 6) is 0.415. The van der Waals surface area contributed by atoms with Crippen LogP contribution in [-0.4, -0.2) is 16.1 Å². The molecule has 0 bridgehead atoms. The molecule has 0 radical (unpaired) electrons. The van der Waals surface area contributed by atoms with Gasteiger partial charge in [-0.3, -0.25) is 4.57 Å². The van der Waals surface area contributed by atoms with Crippen molar-refractivity contribution >= 4 is 16.7 Å². The van der Waals surface area contributed by atoms with Crippen LogP contribution >= 0.6 is 0 Å². The van der Waals surface area contributed by atoms with Gasteiger partial charge in [0.1, 0.15) is 5.82 Å². The Balaban J connectivity index is 1.75. The fourth-order valence-corrected chi connectivity index (χ4v) is 3.37. The van der Waals surface area contributed by atoms with Crippen molar-refractivity contribution in [3.8, 4) is 0 Å². The largest absolute Gasteiger partial charge is 0.364 e. The maximum Gasteiger partial charge on any atom is 0.320 e. The van der Waals surface area contributed by atoms with Gasteiger partial charge >= 0.3 is 6.55 Å². The van der Waals surface area contributed by atoms with E-state index in [4.69, 9.17) is 0 Å². The van der Waals surface area contributed by atoms with Crippen LogP contribution in [0.25, 0.3) is 11.0 Å². The number of imidazole rings is 1. The molecule has 23 heavy (non-hydrogen) atoms. The van der Waals surface area contributed by atoms with E-state index in [2.05, 4.69) is 22.0 Å². The third-order valence-electron chi connectivity index (χ3n) is 4.40. The number of hydrogen-bond acceptors (Lipinski definition) is 2. The van der Waals surface area contributed by atoms with Crippen molar-refractivity contribution in [2.75, 3.05) is 11.4 Å². The third kappa shape index (κ3) is 2.46. The van der Waals surface area contributed by atoms with Crippen molar-refractivity contribution in [2.45, 2.75) is 25.9 Å². The van der Waals surface area contributed by atoms with E-state index in [0.717, 1.165) is 29.6 Å². The number of benzene rings is 2. The van der Waals surface area contributed by atoms with Crippen LogP contribution < -0.4 is 4.90 Å². The van der Waals surface area contributed by atoms with E-state index < -0.39 is 6.55 Å². The van der Waals surface area contributed by atoms with Gasteiger partial charge in [0.2, 0.25) is 0 Å². The molecule has 4 rings (SSSR count). The quantitative estimate of drug-likeness (QED) is 0.715. The first-order valence-electron chi connectivity index (χ1n) is 7.81. The lowest BCUT2D eigenvalue weighted by Gasteiger charge is -2.31. The summed E-state index contributed by atoms with van der Waals surface area (Å²) in [6.07, 6.45) is 2.07. The Morgan fingerprint density at radius 2 is 1.83 bits per heavy atom. The number of rotatable bonds is 3. The molecule has 5 heteroatoms. The lowest BCUT2D eigenvalue weighted by Crippen LogP contribution is -2.30. The minimum absolute atomic E-state index is 0.399. The molecule has 3 aromatic rings. The number of alkyl halides is 2. The minimum Gasteiger partial charge on any atom is -0.364 e. The molecule has 0 fully saturated rings. The molecule has 3 nitrogen and oxygen atoms in total. The molecular formula is C18H17F2N3. The maximum atomic E-state index is 13.5. The Hall–Kier alpha value is -2.43. The van der Waals surface area contributed by atoms with Crippen LogP contribution in [0.3, 0.4) is 0 Å². The highest BCUT2D eigenvalue weighted by Crippen LogP contribution is 2.30. The first-order valence-corrected chi connectivity index (χ1v) is 7.81. The molecule has 0 N–H and O–H groups in total. The molecule has 0 aliphatic carbocycles. The third-order valence-corrected chi connectivity index (χ3v) is 4.40. The van der Waals surface area contributed by atoms with E-state index in [9.17, 15) is 8.78 Å². The van der Waals surface area contributed by atoms with Gasteiger partial charge in [0, 0.05) is 12.2 Å². The standard InChI is InChI=1S/C18H17F2N3/c19-18(20)23-16-10-4-2-8-14(16)21-17(23)12-22-11-5-7-13-6-1-3-9-15(13)22/h1-4,6,8-10,18H,5,7,11-12H2. The van der Waals surface area contributed by atoms with E-state index in [-0.39, 0.29) is 0 Å². The number of anilines is 1. The fraction of sp³-hybridized carbons (Fsp3) is 0.278. The summed E-state index contributed by atoms with van der Waals surface area (Å²) >= 11 is 0. The summed E-state index contributed by atoms with van der Waals surface area (Å²) in [5.41, 5.74) is 3.51. The molecule has 0 unspecified atom stereocenters. The molecule has 0 saturated heterocycles. The van der Waals surface area contributed by atoms with E-state index in [1.807, 2.05) is 18.2 Å². The first-order chi connectivity index (χ1) is 11.2. The highest BCUT2D eigenvalue weighted by molar-refractivity contribution is 5.76. The van der Waals surface area contributed by atoms with Gasteiger partial charge in [0.25, 0.3) is 0 Å². The zero-order valence-electron chi connectivity index (χ0n) is 12.6. The number of fused-ring (bicyclic) bond motifs is 2. The van der Waals surface area contributed by atoms with Gasteiger partial charge in [-0.25, -0.2) is 4.98 Å². The molecule has 0 saturated carbocycles. The van der Waals surface area contributed by atoms with Gasteiger partial charge in [-0.15, -0.1) is 0 Å². The van der Waals surface area contributed by atoms with Crippen molar-refractivity contribution in [1.29, 1.82) is 0 Å². The summed E-state index contributed by atoms with van der Waals surface area (Å²) < 4.78 is 28.1. The average Bonchev–Trinajstić information content (AvgIpc) is 2.93. The maximum absolute atomic E-state index is 13.5. The molecule has 0 amide bonds. The Labute approximate surface area is 133 Å². The Kier molecular flexibility index (Phi) is 3.48. The lowest BCUT2D eigenvalue weighted by molar-refractivity contribution is 0.0714. The van der Waals surface area contributed by atoms with Crippen molar-refractivity contribution < 1.29 is 8.78 Å². The van der Waals surface area contributed by atoms with Crippen molar-refractivity contribution in [3.05, 3.63) is 59.9 Å². The normalized spacial score (nSPS) is 14.5. The second-order valence-electron chi connectivity index (χ2n) is 5.82. The molecule has 0 spiro atoms. The second kappa shape index (κ2) is 5.65. The molecular weight excluding hydrogens is 296 g/mol. The molecule has 1 aliphatic heterocycles. The van der Waals surface area contributed by atoms with Gasteiger partial charge in [0.05, 0.1) is 17.6 Å². The predicted octanol–water partition coefficient (Wildman–Crippen LogP) is 4.38. The van der Waals surface area contributed by atoms with Crippen LogP contribution in [0.4, 0.5) is 14.5 Å². The number of aryl methyl sites for hydroxylation is 1. The topological polar surface area (TPSA) is 21.1 Å². The molecule has 2 aromatic carbocycles. The van der Waals surface area contributed by atoms with Gasteiger partial charge in [-0.2, -0.15) is 8.78 Å². The number of halogens is 2. The monoisotopic (exact) mass is 313 g/mol. The minimum atomic E-state index is -2.59. The van der Waals surface area contributed by atoms with Gasteiger partial charge in [-0.05, 0) is 36.6 Å². The first kappa shape index (κ1) is 14.2. The summed E-state index contributed by atoms with van der Waals surface area (Å²) in [6.45, 7) is -1.32. The van der Waals surface area contributed by atoms with Crippen LogP contribution in [0.5, 0.6) is 0 Å². The second-order valence-corrected chi connectivity index (χ2v) is 5.82. The highest BCUT2D eigenvalue weighted by Gasteiger charge is 2.22. The Morgan fingerprint density at radius 3 is 2.70 bits per heavy atom. The molecule has 2 heterocycles. The van der Waals surface area contributed by atoms with Crippen molar-refractivity contribution in [2.24, 2.45) is 0 Å². The number of nitrogens with zero attached hydrogens (tertiary/aromatic N) is 3. The molecule has 118 valence electrons. The van der Waals surface area contributed by atoms with Gasteiger partial charge in [-0.1, -0.05) is 30.3 Å². The van der Waals surface area contributed by atoms with Crippen LogP contribution in [0.15, 0.2) is 48.5 Å². The lowest BCUT2D eigenvalue weighted by atomic mass is 10.0. The number of aromatic nitrogens is 2. The van der Waals surface area contributed by atoms with Crippen LogP contribution in [0.1, 0.15) is 24.4 Å². The smallest absolute Gasteiger partial charge is 0.320 e. The van der Waals surface area contributed by atoms with E-state index >= 15 is 0 Å². The zero-order chi connectivity index (χ0) is 15.8. The van der Waals surface area contributed by atoms with E-state index in [1.165, 1.54) is 5.56 Å². The highest BCUT2D eigenvalue weighted by atomic mass is 19.3. The Morgan fingerprint density at radius 1 is 1.04 bits per heavy atom.